The lowest BCUT2D eigenvalue weighted by Gasteiger charge is -2.29. The van der Waals surface area contributed by atoms with Crippen molar-refractivity contribution in [3.8, 4) is 0 Å². The summed E-state index contributed by atoms with van der Waals surface area (Å²) in [5.41, 5.74) is 4.23. The highest BCUT2D eigenvalue weighted by atomic mass is 19.1. The van der Waals surface area contributed by atoms with Crippen molar-refractivity contribution >= 4 is 5.91 Å². The van der Waals surface area contributed by atoms with Gasteiger partial charge in [0.25, 0.3) is 0 Å². The highest BCUT2D eigenvalue weighted by Gasteiger charge is 2.33. The third-order valence-electron chi connectivity index (χ3n) is 2.97. The van der Waals surface area contributed by atoms with Crippen LogP contribution in [-0.2, 0) is 10.3 Å². The maximum atomic E-state index is 13.2. The quantitative estimate of drug-likeness (QED) is 0.805. The van der Waals surface area contributed by atoms with E-state index in [0.717, 1.165) is 18.2 Å². The van der Waals surface area contributed by atoms with Crippen molar-refractivity contribution < 1.29 is 13.6 Å². The average Bonchev–Trinajstić information content (AvgIpc) is 2.26. The lowest BCUT2D eigenvalue weighted by atomic mass is 9.91. The molecule has 0 heterocycles. The number of carbonyl (C=O) groups is 1. The number of hydrogen-bond acceptors (Lipinski definition) is 3. The Bertz CT molecular complexity index is 445. The zero-order valence-corrected chi connectivity index (χ0v) is 11.3. The van der Waals surface area contributed by atoms with E-state index in [1.807, 2.05) is 19.0 Å². The molecule has 1 atom stereocenters. The number of likely N-dealkylation sites (N-methyl/N-ethyl adjacent to an activating group) is 1. The molecule has 3 N–H and O–H groups in total. The summed E-state index contributed by atoms with van der Waals surface area (Å²) in [6, 6.07) is 2.97. The minimum Gasteiger partial charge on any atom is -0.368 e. The van der Waals surface area contributed by atoms with Gasteiger partial charge in [0, 0.05) is 19.2 Å². The number of nitrogens with zero attached hydrogens (tertiary/aromatic N) is 1. The van der Waals surface area contributed by atoms with Crippen LogP contribution in [0.3, 0.4) is 0 Å². The van der Waals surface area contributed by atoms with Gasteiger partial charge in [-0.25, -0.2) is 8.78 Å². The van der Waals surface area contributed by atoms with Crippen molar-refractivity contribution in [1.29, 1.82) is 0 Å². The number of carbonyl (C=O) groups excluding carboxylic acids is 1. The first kappa shape index (κ1) is 15.5. The van der Waals surface area contributed by atoms with Crippen LogP contribution in [-0.4, -0.2) is 38.0 Å². The predicted octanol–water partition coefficient (Wildman–Crippen LogP) is 0.817. The molecule has 1 rings (SSSR count). The van der Waals surface area contributed by atoms with Gasteiger partial charge < -0.3 is 10.6 Å². The topological polar surface area (TPSA) is 58.4 Å². The molecular formula is C13H19F2N3O. The van der Waals surface area contributed by atoms with Crippen LogP contribution in [0.1, 0.15) is 12.5 Å². The van der Waals surface area contributed by atoms with Crippen LogP contribution in [0, 0.1) is 11.6 Å². The highest BCUT2D eigenvalue weighted by Crippen LogP contribution is 2.22. The number of hydrogen-bond donors (Lipinski definition) is 2. The number of halogens is 2. The fourth-order valence-corrected chi connectivity index (χ4v) is 1.70. The summed E-state index contributed by atoms with van der Waals surface area (Å²) < 4.78 is 26.5. The molecule has 0 saturated heterocycles. The zero-order chi connectivity index (χ0) is 14.6. The second-order valence-corrected chi connectivity index (χ2v) is 4.88. The maximum absolute atomic E-state index is 13.2. The van der Waals surface area contributed by atoms with Crippen LogP contribution >= 0.6 is 0 Å². The summed E-state index contributed by atoms with van der Waals surface area (Å²) in [7, 11) is 3.76. The molecule has 0 aromatic heterocycles. The van der Waals surface area contributed by atoms with Gasteiger partial charge in [0.15, 0.2) is 0 Å². The Kier molecular flexibility index (Phi) is 4.97. The summed E-state index contributed by atoms with van der Waals surface area (Å²) in [6.45, 7) is 2.64. The Labute approximate surface area is 111 Å². The van der Waals surface area contributed by atoms with Gasteiger partial charge in [-0.05, 0) is 38.7 Å². The molecular weight excluding hydrogens is 252 g/mol. The summed E-state index contributed by atoms with van der Waals surface area (Å²) in [4.78, 5) is 13.5. The van der Waals surface area contributed by atoms with E-state index >= 15 is 0 Å². The summed E-state index contributed by atoms with van der Waals surface area (Å²) in [6.07, 6.45) is 0. The smallest absolute Gasteiger partial charge is 0.242 e. The number of nitrogens with one attached hydrogen (secondary N) is 1. The molecule has 1 aromatic rings. The molecule has 0 fully saturated rings. The van der Waals surface area contributed by atoms with Gasteiger partial charge in [-0.15, -0.1) is 0 Å². The second kappa shape index (κ2) is 6.08. The van der Waals surface area contributed by atoms with E-state index in [1.165, 1.54) is 6.92 Å². The van der Waals surface area contributed by atoms with Gasteiger partial charge in [-0.2, -0.15) is 0 Å². The molecule has 0 aliphatic heterocycles. The van der Waals surface area contributed by atoms with E-state index in [2.05, 4.69) is 5.32 Å². The summed E-state index contributed by atoms with van der Waals surface area (Å²) in [5.74, 6) is -2.16. The molecule has 0 bridgehead atoms. The van der Waals surface area contributed by atoms with Crippen LogP contribution in [0.4, 0.5) is 8.78 Å². The van der Waals surface area contributed by atoms with Crippen LogP contribution in [0.5, 0.6) is 0 Å². The van der Waals surface area contributed by atoms with Crippen molar-refractivity contribution in [3.05, 3.63) is 35.4 Å². The minimum atomic E-state index is -1.31. The Hall–Kier alpha value is -1.53. The van der Waals surface area contributed by atoms with Crippen molar-refractivity contribution in [2.45, 2.75) is 12.5 Å². The molecule has 0 aliphatic rings. The summed E-state index contributed by atoms with van der Waals surface area (Å²) >= 11 is 0. The Morgan fingerprint density at radius 1 is 1.32 bits per heavy atom. The summed E-state index contributed by atoms with van der Waals surface area (Å²) in [5, 5.41) is 2.95. The lowest BCUT2D eigenvalue weighted by molar-refractivity contribution is -0.124. The van der Waals surface area contributed by atoms with Crippen LogP contribution in [0.2, 0.25) is 0 Å². The second-order valence-electron chi connectivity index (χ2n) is 4.88. The van der Waals surface area contributed by atoms with Crippen molar-refractivity contribution in [1.82, 2.24) is 10.2 Å². The van der Waals surface area contributed by atoms with Crippen LogP contribution in [0.25, 0.3) is 0 Å². The maximum Gasteiger partial charge on any atom is 0.242 e. The van der Waals surface area contributed by atoms with Gasteiger partial charge in [-0.3, -0.25) is 10.1 Å². The van der Waals surface area contributed by atoms with Gasteiger partial charge in [0.1, 0.15) is 17.2 Å². The number of rotatable bonds is 6. The van der Waals surface area contributed by atoms with Crippen molar-refractivity contribution in [2.24, 2.45) is 5.73 Å². The number of primary amides is 1. The van der Waals surface area contributed by atoms with E-state index in [9.17, 15) is 13.6 Å². The first-order valence-electron chi connectivity index (χ1n) is 5.92. The van der Waals surface area contributed by atoms with Gasteiger partial charge in [-0.1, -0.05) is 0 Å². The first-order chi connectivity index (χ1) is 8.75. The number of nitrogens with two attached hydrogens (primary N) is 1. The molecule has 0 spiro atoms. The Balaban J connectivity index is 3.01. The van der Waals surface area contributed by atoms with E-state index in [1.54, 1.807) is 0 Å². The molecule has 1 amide bonds. The van der Waals surface area contributed by atoms with E-state index in [0.29, 0.717) is 13.1 Å². The molecule has 1 unspecified atom stereocenters. The Morgan fingerprint density at radius 2 is 1.84 bits per heavy atom. The molecule has 0 saturated carbocycles. The lowest BCUT2D eigenvalue weighted by Crippen LogP contribution is -2.52. The molecule has 0 aliphatic carbocycles. The highest BCUT2D eigenvalue weighted by molar-refractivity contribution is 5.85. The van der Waals surface area contributed by atoms with Crippen LogP contribution in [0.15, 0.2) is 18.2 Å². The zero-order valence-electron chi connectivity index (χ0n) is 11.3. The van der Waals surface area contributed by atoms with E-state index in [4.69, 9.17) is 5.73 Å². The molecule has 19 heavy (non-hydrogen) atoms. The SMILES string of the molecule is CN(C)CCNC(C)(C(N)=O)c1cc(F)cc(F)c1. The predicted molar refractivity (Wildman–Crippen MR) is 69.5 cm³/mol. The van der Waals surface area contributed by atoms with Gasteiger partial charge in [0.2, 0.25) is 5.91 Å². The molecule has 106 valence electrons. The monoisotopic (exact) mass is 271 g/mol. The largest absolute Gasteiger partial charge is 0.368 e. The normalized spacial score (nSPS) is 14.4. The molecule has 0 radical (unpaired) electrons. The minimum absolute atomic E-state index is 0.177. The first-order valence-corrected chi connectivity index (χ1v) is 5.92. The number of benzene rings is 1. The fraction of sp³-hybridized carbons (Fsp3) is 0.462. The molecule has 1 aromatic carbocycles. The third-order valence-corrected chi connectivity index (χ3v) is 2.97. The standard InChI is InChI=1S/C13H19F2N3O/c1-13(12(16)19,17-4-5-18(2)3)9-6-10(14)8-11(15)7-9/h6-8,17H,4-5H2,1-3H3,(H2,16,19). The van der Waals surface area contributed by atoms with Crippen molar-refractivity contribution in [2.75, 3.05) is 27.2 Å². The average molecular weight is 271 g/mol. The fourth-order valence-electron chi connectivity index (χ4n) is 1.70. The van der Waals surface area contributed by atoms with Crippen molar-refractivity contribution in [3.63, 3.8) is 0 Å². The van der Waals surface area contributed by atoms with E-state index in [-0.39, 0.29) is 5.56 Å². The van der Waals surface area contributed by atoms with Gasteiger partial charge >= 0.3 is 0 Å². The van der Waals surface area contributed by atoms with E-state index < -0.39 is 23.1 Å². The van der Waals surface area contributed by atoms with Gasteiger partial charge in [0.05, 0.1) is 0 Å². The van der Waals surface area contributed by atoms with Crippen LogP contribution < -0.4 is 11.1 Å². The number of amides is 1. The Morgan fingerprint density at radius 3 is 2.26 bits per heavy atom. The third kappa shape index (κ3) is 3.97. The molecule has 6 heteroatoms. The molecule has 4 nitrogen and oxygen atoms in total.